The molecule has 0 spiro atoms. The Kier molecular flexibility index (Phi) is 7.73. The summed E-state index contributed by atoms with van der Waals surface area (Å²) in [5, 5.41) is 4.35. The van der Waals surface area contributed by atoms with E-state index in [1.807, 2.05) is 98.8 Å². The maximum absolute atomic E-state index is 12.8. The summed E-state index contributed by atoms with van der Waals surface area (Å²) in [5.41, 5.74) is 10.7. The van der Waals surface area contributed by atoms with Crippen molar-refractivity contribution in [1.82, 2.24) is 10.3 Å². The number of halogens is 2. The van der Waals surface area contributed by atoms with Crippen LogP contribution in [0.2, 0.25) is 10.0 Å². The molecular formula is C29H26Cl2N4O. The predicted molar refractivity (Wildman–Crippen MR) is 148 cm³/mol. The largest absolute Gasteiger partial charge is 0.370 e. The minimum atomic E-state index is -0.795. The zero-order chi connectivity index (χ0) is 25.7. The number of pyridine rings is 1. The van der Waals surface area contributed by atoms with E-state index in [-0.39, 0.29) is 11.9 Å². The summed E-state index contributed by atoms with van der Waals surface area (Å²) < 4.78 is 0. The topological polar surface area (TPSA) is 80.4 Å². The Morgan fingerprint density at radius 1 is 0.917 bits per heavy atom. The molecule has 36 heavy (non-hydrogen) atoms. The fourth-order valence-electron chi connectivity index (χ4n) is 3.75. The van der Waals surface area contributed by atoms with Crippen molar-refractivity contribution in [2.24, 2.45) is 10.7 Å². The molecule has 1 aromatic heterocycles. The lowest BCUT2D eigenvalue weighted by atomic mass is 9.84. The molecule has 3 N–H and O–H groups in total. The van der Waals surface area contributed by atoms with Crippen molar-refractivity contribution in [1.29, 1.82) is 0 Å². The van der Waals surface area contributed by atoms with Gasteiger partial charge >= 0.3 is 0 Å². The number of amides is 1. The fourth-order valence-corrected chi connectivity index (χ4v) is 4.00. The maximum Gasteiger partial charge on any atom is 0.258 e. The quantitative estimate of drug-likeness (QED) is 0.222. The molecule has 0 saturated carbocycles. The highest BCUT2D eigenvalue weighted by molar-refractivity contribution is 6.31. The lowest BCUT2D eigenvalue weighted by molar-refractivity contribution is -0.122. The summed E-state index contributed by atoms with van der Waals surface area (Å²) >= 11 is 12.2. The second-order valence-corrected chi connectivity index (χ2v) is 9.77. The summed E-state index contributed by atoms with van der Waals surface area (Å²) in [6.07, 6.45) is 1.78. The first kappa shape index (κ1) is 25.4. The third-order valence-corrected chi connectivity index (χ3v) is 6.45. The van der Waals surface area contributed by atoms with Crippen molar-refractivity contribution in [3.05, 3.63) is 112 Å². The molecule has 0 bridgehead atoms. The van der Waals surface area contributed by atoms with Gasteiger partial charge in [0.15, 0.2) is 5.96 Å². The lowest BCUT2D eigenvalue weighted by Gasteiger charge is -2.21. The van der Waals surface area contributed by atoms with Gasteiger partial charge in [0.1, 0.15) is 0 Å². The maximum atomic E-state index is 12.8. The van der Waals surface area contributed by atoms with Gasteiger partial charge in [0.25, 0.3) is 5.91 Å². The van der Waals surface area contributed by atoms with Crippen LogP contribution in [0.4, 0.5) is 0 Å². The minimum Gasteiger partial charge on any atom is -0.370 e. The van der Waals surface area contributed by atoms with Crippen LogP contribution in [0.5, 0.6) is 0 Å². The van der Waals surface area contributed by atoms with Gasteiger partial charge < -0.3 is 11.1 Å². The smallest absolute Gasteiger partial charge is 0.258 e. The van der Waals surface area contributed by atoms with Gasteiger partial charge in [-0.15, -0.1) is 0 Å². The van der Waals surface area contributed by atoms with Gasteiger partial charge in [-0.1, -0.05) is 77.8 Å². The number of hydrogen-bond donors (Lipinski definition) is 2. The van der Waals surface area contributed by atoms with Gasteiger partial charge in [-0.05, 0) is 60.9 Å². The third kappa shape index (κ3) is 5.93. The summed E-state index contributed by atoms with van der Waals surface area (Å²) in [4.78, 5) is 21.7. The molecule has 1 heterocycles. The first-order valence-electron chi connectivity index (χ1n) is 11.4. The summed E-state index contributed by atoms with van der Waals surface area (Å²) in [6.45, 7) is 4.02. The number of nitrogens with one attached hydrogen (secondary N) is 1. The van der Waals surface area contributed by atoms with Gasteiger partial charge in [0.2, 0.25) is 0 Å². The van der Waals surface area contributed by atoms with Crippen molar-refractivity contribution < 1.29 is 4.79 Å². The molecule has 182 valence electrons. The van der Waals surface area contributed by atoms with E-state index >= 15 is 0 Å². The number of benzene rings is 3. The zero-order valence-electron chi connectivity index (χ0n) is 20.0. The molecule has 7 heteroatoms. The van der Waals surface area contributed by atoms with E-state index < -0.39 is 5.41 Å². The van der Waals surface area contributed by atoms with Crippen LogP contribution >= 0.6 is 23.2 Å². The van der Waals surface area contributed by atoms with Gasteiger partial charge in [-0.25, -0.2) is 0 Å². The Morgan fingerprint density at radius 3 is 2.11 bits per heavy atom. The predicted octanol–water partition coefficient (Wildman–Crippen LogP) is 6.63. The molecule has 1 amide bonds. The van der Waals surface area contributed by atoms with Gasteiger partial charge in [0.05, 0.1) is 11.1 Å². The first-order valence-corrected chi connectivity index (χ1v) is 12.2. The van der Waals surface area contributed by atoms with Crippen LogP contribution in [0.3, 0.4) is 0 Å². The van der Waals surface area contributed by atoms with Crippen LogP contribution in [-0.2, 0) is 16.8 Å². The number of carbonyl (C=O) groups excluding carboxylic acids is 1. The number of guanidine groups is 1. The van der Waals surface area contributed by atoms with E-state index in [1.54, 1.807) is 6.20 Å². The highest BCUT2D eigenvalue weighted by Crippen LogP contribution is 2.32. The van der Waals surface area contributed by atoms with Gasteiger partial charge in [0, 0.05) is 33.9 Å². The van der Waals surface area contributed by atoms with Crippen LogP contribution in [0.1, 0.15) is 25.0 Å². The van der Waals surface area contributed by atoms with Crippen LogP contribution in [0.25, 0.3) is 22.4 Å². The molecule has 0 aliphatic carbocycles. The molecular weight excluding hydrogens is 491 g/mol. The number of rotatable bonds is 6. The molecule has 0 radical (unpaired) electrons. The number of hydrogen-bond acceptors (Lipinski definition) is 2. The first-order chi connectivity index (χ1) is 17.2. The Bertz CT molecular complexity index is 1380. The monoisotopic (exact) mass is 516 g/mol. The van der Waals surface area contributed by atoms with Gasteiger partial charge in [-0.3, -0.25) is 9.78 Å². The Labute approximate surface area is 221 Å². The Balaban J connectivity index is 1.57. The highest BCUT2D eigenvalue weighted by atomic mass is 35.5. The molecule has 4 aromatic rings. The Hall–Kier alpha value is -3.67. The van der Waals surface area contributed by atoms with Crippen LogP contribution in [-0.4, -0.2) is 16.9 Å². The second-order valence-electron chi connectivity index (χ2n) is 8.90. The number of aliphatic imine (C=N–C) groups is 1. The SMILES string of the molecule is CC(C)(C(=O)N=C(N)NCc1cnc(-c2ccc(Cl)cc2)c(-c2ccc(Cl)cc2)c1)c1ccccc1. The van der Waals surface area contributed by atoms with E-state index in [0.29, 0.717) is 16.6 Å². The third-order valence-electron chi connectivity index (χ3n) is 5.94. The molecule has 0 fully saturated rings. The van der Waals surface area contributed by atoms with Crippen LogP contribution in [0, 0.1) is 0 Å². The normalized spacial score (nSPS) is 11.8. The van der Waals surface area contributed by atoms with E-state index in [2.05, 4.69) is 10.3 Å². The number of aromatic nitrogens is 1. The van der Waals surface area contributed by atoms with E-state index in [0.717, 1.165) is 33.5 Å². The second kappa shape index (κ2) is 10.9. The number of nitrogens with two attached hydrogens (primary N) is 1. The lowest BCUT2D eigenvalue weighted by Crippen LogP contribution is -2.35. The Morgan fingerprint density at radius 2 is 1.50 bits per heavy atom. The average Bonchev–Trinajstić information content (AvgIpc) is 2.89. The molecule has 0 atom stereocenters. The van der Waals surface area contributed by atoms with Crippen LogP contribution in [0.15, 0.2) is 96.1 Å². The fraction of sp³-hybridized carbons (Fsp3) is 0.138. The van der Waals surface area contributed by atoms with Crippen molar-refractivity contribution in [3.63, 3.8) is 0 Å². The molecule has 0 aliphatic heterocycles. The number of nitrogens with zero attached hydrogens (tertiary/aromatic N) is 2. The van der Waals surface area contributed by atoms with E-state index in [4.69, 9.17) is 33.9 Å². The van der Waals surface area contributed by atoms with Gasteiger partial charge in [-0.2, -0.15) is 4.99 Å². The highest BCUT2D eigenvalue weighted by Gasteiger charge is 2.29. The summed E-state index contributed by atoms with van der Waals surface area (Å²) in [6, 6.07) is 26.7. The van der Waals surface area contributed by atoms with Crippen molar-refractivity contribution in [2.75, 3.05) is 0 Å². The zero-order valence-corrected chi connectivity index (χ0v) is 21.5. The summed E-state index contributed by atoms with van der Waals surface area (Å²) in [7, 11) is 0. The van der Waals surface area contributed by atoms with Crippen molar-refractivity contribution in [3.8, 4) is 22.4 Å². The summed E-state index contributed by atoms with van der Waals surface area (Å²) in [5.74, 6) is -0.268. The molecule has 0 saturated heterocycles. The average molecular weight is 517 g/mol. The van der Waals surface area contributed by atoms with Crippen molar-refractivity contribution >= 4 is 35.1 Å². The van der Waals surface area contributed by atoms with Crippen molar-refractivity contribution in [2.45, 2.75) is 25.8 Å². The molecule has 5 nitrogen and oxygen atoms in total. The molecule has 0 aliphatic rings. The standard InChI is InChI=1S/C29H26Cl2N4O/c1-29(2,22-6-4-3-5-7-22)27(36)35-28(32)34-18-19-16-25(20-8-12-23(30)13-9-20)26(33-17-19)21-10-14-24(31)15-11-21/h3-17H,18H2,1-2H3,(H3,32,34,35,36). The number of carbonyl (C=O) groups is 1. The molecule has 0 unspecified atom stereocenters. The molecule has 4 rings (SSSR count). The minimum absolute atomic E-state index is 0.0545. The van der Waals surface area contributed by atoms with E-state index in [1.165, 1.54) is 0 Å². The van der Waals surface area contributed by atoms with E-state index in [9.17, 15) is 4.79 Å². The molecule has 3 aromatic carbocycles. The van der Waals surface area contributed by atoms with Crippen LogP contribution < -0.4 is 11.1 Å².